The number of amides is 1. The molecule has 1 aliphatic heterocycles. The smallest absolute Gasteiger partial charge is 0.252 e. The predicted octanol–water partition coefficient (Wildman–Crippen LogP) is 3.77. The van der Waals surface area contributed by atoms with E-state index in [-0.39, 0.29) is 16.7 Å². The highest BCUT2D eigenvalue weighted by molar-refractivity contribution is 9.10. The number of sulfonamides is 1. The van der Waals surface area contributed by atoms with E-state index in [1.54, 1.807) is 12.1 Å². The number of nitrogens with zero attached hydrogens (tertiary/aromatic N) is 1. The van der Waals surface area contributed by atoms with Crippen LogP contribution in [0.3, 0.4) is 0 Å². The molecule has 7 heteroatoms. The maximum Gasteiger partial charge on any atom is 0.252 e. The first-order chi connectivity index (χ1) is 12.9. The minimum absolute atomic E-state index is 0.158. The van der Waals surface area contributed by atoms with Crippen molar-refractivity contribution in [2.45, 2.75) is 30.6 Å². The van der Waals surface area contributed by atoms with Crippen molar-refractivity contribution in [1.29, 1.82) is 0 Å². The molecule has 0 spiro atoms. The van der Waals surface area contributed by atoms with Crippen molar-refractivity contribution in [1.82, 2.24) is 9.62 Å². The van der Waals surface area contributed by atoms with Crippen molar-refractivity contribution in [2.24, 2.45) is 0 Å². The van der Waals surface area contributed by atoms with Crippen LogP contribution < -0.4 is 5.32 Å². The van der Waals surface area contributed by atoms with Crippen molar-refractivity contribution >= 4 is 31.9 Å². The Bertz CT molecular complexity index is 910. The lowest BCUT2D eigenvalue weighted by molar-refractivity contribution is 0.0950. The maximum atomic E-state index is 12.8. The minimum atomic E-state index is -3.55. The fourth-order valence-corrected chi connectivity index (χ4v) is 5.13. The average molecular weight is 451 g/mol. The van der Waals surface area contributed by atoms with Gasteiger partial charge in [0.1, 0.15) is 0 Å². The van der Waals surface area contributed by atoms with Gasteiger partial charge in [-0.1, -0.05) is 37.3 Å². The topological polar surface area (TPSA) is 66.5 Å². The average Bonchev–Trinajstić information content (AvgIpc) is 3.22. The van der Waals surface area contributed by atoms with Crippen LogP contribution in [0.15, 0.2) is 57.9 Å². The number of halogens is 1. The number of benzene rings is 2. The van der Waals surface area contributed by atoms with E-state index in [4.69, 9.17) is 0 Å². The summed E-state index contributed by atoms with van der Waals surface area (Å²) in [6.07, 6.45) is 1.75. The van der Waals surface area contributed by atoms with Gasteiger partial charge in [0, 0.05) is 24.1 Å². The van der Waals surface area contributed by atoms with E-state index in [0.717, 1.165) is 18.4 Å². The first kappa shape index (κ1) is 20.0. The molecule has 1 heterocycles. The molecule has 0 aliphatic carbocycles. The second-order valence-electron chi connectivity index (χ2n) is 6.77. The molecular weight excluding hydrogens is 428 g/mol. The van der Waals surface area contributed by atoms with E-state index >= 15 is 0 Å². The summed E-state index contributed by atoms with van der Waals surface area (Å²) in [6, 6.07) is 14.6. The number of hydrogen-bond acceptors (Lipinski definition) is 3. The Balaban J connectivity index is 1.75. The van der Waals surface area contributed by atoms with Gasteiger partial charge in [0.05, 0.1) is 10.5 Å². The zero-order chi connectivity index (χ0) is 19.4. The fourth-order valence-electron chi connectivity index (χ4n) is 3.16. The minimum Gasteiger partial charge on any atom is -0.351 e. The Morgan fingerprint density at radius 1 is 1.15 bits per heavy atom. The van der Waals surface area contributed by atoms with Crippen LogP contribution in [0.4, 0.5) is 0 Å². The molecule has 0 radical (unpaired) electrons. The van der Waals surface area contributed by atoms with Crippen LogP contribution >= 0.6 is 15.9 Å². The molecule has 0 bridgehead atoms. The highest BCUT2D eigenvalue weighted by atomic mass is 79.9. The molecule has 144 valence electrons. The molecule has 0 saturated carbocycles. The zero-order valence-electron chi connectivity index (χ0n) is 15.2. The number of carbonyl (C=O) groups is 1. The summed E-state index contributed by atoms with van der Waals surface area (Å²) < 4.78 is 27.6. The SMILES string of the molecule is CC(CNC(=O)c1cc(S(=O)(=O)N2CCCC2)ccc1Br)c1ccccc1. The normalized spacial score (nSPS) is 16.2. The van der Waals surface area contributed by atoms with Gasteiger partial charge in [0.2, 0.25) is 10.0 Å². The Labute approximate surface area is 169 Å². The number of hydrogen-bond donors (Lipinski definition) is 1. The third kappa shape index (κ3) is 4.59. The summed E-state index contributed by atoms with van der Waals surface area (Å²) >= 11 is 3.36. The molecule has 2 aromatic rings. The van der Waals surface area contributed by atoms with Crippen LogP contribution in [0.1, 0.15) is 41.6 Å². The van der Waals surface area contributed by atoms with E-state index < -0.39 is 10.0 Å². The van der Waals surface area contributed by atoms with Gasteiger partial charge in [-0.15, -0.1) is 0 Å². The van der Waals surface area contributed by atoms with Gasteiger partial charge < -0.3 is 5.32 Å². The summed E-state index contributed by atoms with van der Waals surface area (Å²) in [6.45, 7) is 3.58. The second kappa shape index (κ2) is 8.54. The van der Waals surface area contributed by atoms with E-state index in [2.05, 4.69) is 21.2 Å². The summed E-state index contributed by atoms with van der Waals surface area (Å²) in [5.74, 6) is -0.131. The molecule has 1 unspecified atom stereocenters. The summed E-state index contributed by atoms with van der Waals surface area (Å²) in [4.78, 5) is 12.8. The molecule has 2 aromatic carbocycles. The Morgan fingerprint density at radius 2 is 1.81 bits per heavy atom. The van der Waals surface area contributed by atoms with Gasteiger partial charge in [0.25, 0.3) is 5.91 Å². The molecular formula is C20H23BrN2O3S. The fraction of sp³-hybridized carbons (Fsp3) is 0.350. The number of nitrogens with one attached hydrogen (secondary N) is 1. The third-order valence-corrected chi connectivity index (χ3v) is 7.41. The Kier molecular flexibility index (Phi) is 6.34. The molecule has 1 atom stereocenters. The van der Waals surface area contributed by atoms with Crippen molar-refractivity contribution in [3.05, 3.63) is 64.1 Å². The lowest BCUT2D eigenvalue weighted by Gasteiger charge is -2.17. The molecule has 3 rings (SSSR count). The van der Waals surface area contributed by atoms with Gasteiger partial charge in [-0.25, -0.2) is 8.42 Å². The van der Waals surface area contributed by atoms with Crippen molar-refractivity contribution < 1.29 is 13.2 Å². The van der Waals surface area contributed by atoms with Gasteiger partial charge >= 0.3 is 0 Å². The predicted molar refractivity (Wildman–Crippen MR) is 109 cm³/mol. The van der Waals surface area contributed by atoms with E-state index in [1.165, 1.54) is 10.4 Å². The summed E-state index contributed by atoms with van der Waals surface area (Å²) in [7, 11) is -3.55. The van der Waals surface area contributed by atoms with Gasteiger partial charge in [-0.3, -0.25) is 4.79 Å². The van der Waals surface area contributed by atoms with Crippen molar-refractivity contribution in [3.63, 3.8) is 0 Å². The molecule has 27 heavy (non-hydrogen) atoms. The highest BCUT2D eigenvalue weighted by Gasteiger charge is 2.28. The van der Waals surface area contributed by atoms with Crippen LogP contribution in [0.5, 0.6) is 0 Å². The quantitative estimate of drug-likeness (QED) is 0.727. The van der Waals surface area contributed by atoms with Gasteiger partial charge in [0.15, 0.2) is 0 Å². The van der Waals surface area contributed by atoms with Crippen LogP contribution in [0.2, 0.25) is 0 Å². The molecule has 1 aliphatic rings. The van der Waals surface area contributed by atoms with Crippen molar-refractivity contribution in [3.8, 4) is 0 Å². The first-order valence-electron chi connectivity index (χ1n) is 9.02. The molecule has 5 nitrogen and oxygen atoms in total. The molecule has 1 N–H and O–H groups in total. The standard InChI is InChI=1S/C20H23BrN2O3S/c1-15(16-7-3-2-4-8-16)14-22-20(24)18-13-17(9-10-19(18)21)27(25,26)23-11-5-6-12-23/h2-4,7-10,13,15H,5-6,11-12,14H2,1H3,(H,22,24). The van der Waals surface area contributed by atoms with Crippen LogP contribution in [-0.4, -0.2) is 38.3 Å². The van der Waals surface area contributed by atoms with Crippen LogP contribution in [-0.2, 0) is 10.0 Å². The van der Waals surface area contributed by atoms with Gasteiger partial charge in [-0.2, -0.15) is 4.31 Å². The molecule has 1 fully saturated rings. The van der Waals surface area contributed by atoms with E-state index in [1.807, 2.05) is 37.3 Å². The zero-order valence-corrected chi connectivity index (χ0v) is 17.6. The Hall–Kier alpha value is -1.70. The third-order valence-electron chi connectivity index (χ3n) is 4.82. The summed E-state index contributed by atoms with van der Waals surface area (Å²) in [5.41, 5.74) is 1.47. The first-order valence-corrected chi connectivity index (χ1v) is 11.3. The molecule has 0 aromatic heterocycles. The van der Waals surface area contributed by atoms with Gasteiger partial charge in [-0.05, 0) is 58.5 Å². The van der Waals surface area contributed by atoms with E-state index in [0.29, 0.717) is 29.7 Å². The monoisotopic (exact) mass is 450 g/mol. The lowest BCUT2D eigenvalue weighted by atomic mass is 10.0. The second-order valence-corrected chi connectivity index (χ2v) is 9.57. The maximum absolute atomic E-state index is 12.8. The van der Waals surface area contributed by atoms with E-state index in [9.17, 15) is 13.2 Å². The molecule has 1 saturated heterocycles. The molecule has 1 amide bonds. The lowest BCUT2D eigenvalue weighted by Crippen LogP contribution is -2.30. The van der Waals surface area contributed by atoms with Crippen molar-refractivity contribution in [2.75, 3.05) is 19.6 Å². The number of carbonyl (C=O) groups excluding carboxylic acids is 1. The van der Waals surface area contributed by atoms with Crippen LogP contribution in [0.25, 0.3) is 0 Å². The highest BCUT2D eigenvalue weighted by Crippen LogP contribution is 2.25. The summed E-state index contributed by atoms with van der Waals surface area (Å²) in [5, 5.41) is 2.91. The van der Waals surface area contributed by atoms with Crippen LogP contribution in [0, 0.1) is 0 Å². The largest absolute Gasteiger partial charge is 0.351 e. The number of rotatable bonds is 6. The Morgan fingerprint density at radius 3 is 2.48 bits per heavy atom.